The first kappa shape index (κ1) is 13.2. The molecule has 0 atom stereocenters. The molecule has 16 heavy (non-hydrogen) atoms. The van der Waals surface area contributed by atoms with E-state index in [1.165, 1.54) is 0 Å². The van der Waals surface area contributed by atoms with Crippen molar-refractivity contribution in [1.29, 1.82) is 0 Å². The Balaban J connectivity index is 2.70. The molecule has 0 saturated heterocycles. The Kier molecular flexibility index (Phi) is 5.49. The molecular formula is C11H18ClN3O. The summed E-state index contributed by atoms with van der Waals surface area (Å²) in [4.78, 5) is 10.4. The summed E-state index contributed by atoms with van der Waals surface area (Å²) in [7, 11) is 0. The van der Waals surface area contributed by atoms with Crippen molar-refractivity contribution in [3.05, 3.63) is 17.0 Å². The van der Waals surface area contributed by atoms with Crippen LogP contribution in [0.2, 0.25) is 5.28 Å². The Morgan fingerprint density at radius 3 is 2.69 bits per heavy atom. The van der Waals surface area contributed by atoms with Gasteiger partial charge in [0.05, 0.1) is 6.61 Å². The molecule has 0 spiro atoms. The first-order chi connectivity index (χ1) is 7.67. The van der Waals surface area contributed by atoms with Crippen LogP contribution in [-0.4, -0.2) is 36.3 Å². The summed E-state index contributed by atoms with van der Waals surface area (Å²) < 4.78 is 5.33. The smallest absolute Gasteiger partial charge is 0.224 e. The molecule has 1 aromatic heterocycles. The lowest BCUT2D eigenvalue weighted by Gasteiger charge is -2.21. The Labute approximate surface area is 102 Å². The third-order valence-electron chi connectivity index (χ3n) is 2.23. The largest absolute Gasteiger partial charge is 0.380 e. The molecule has 0 aromatic carbocycles. The highest BCUT2D eigenvalue weighted by Gasteiger charge is 2.07. The van der Waals surface area contributed by atoms with Crippen LogP contribution in [0.25, 0.3) is 0 Å². The molecule has 0 saturated carbocycles. The van der Waals surface area contributed by atoms with Gasteiger partial charge in [0.1, 0.15) is 5.82 Å². The third-order valence-corrected chi connectivity index (χ3v) is 2.40. The molecule has 0 amide bonds. The molecular weight excluding hydrogens is 226 g/mol. The second kappa shape index (κ2) is 6.66. The predicted octanol–water partition coefficient (Wildman–Crippen LogP) is 2.30. The van der Waals surface area contributed by atoms with E-state index < -0.39 is 0 Å². The van der Waals surface area contributed by atoms with E-state index >= 15 is 0 Å². The van der Waals surface area contributed by atoms with Crippen LogP contribution in [0.15, 0.2) is 6.07 Å². The Morgan fingerprint density at radius 2 is 2.12 bits per heavy atom. The van der Waals surface area contributed by atoms with Gasteiger partial charge in [-0.3, -0.25) is 0 Å². The molecule has 0 radical (unpaired) electrons. The molecule has 1 heterocycles. The molecule has 0 bridgehead atoms. The van der Waals surface area contributed by atoms with E-state index in [0.717, 1.165) is 31.2 Å². The van der Waals surface area contributed by atoms with E-state index in [2.05, 4.69) is 21.8 Å². The van der Waals surface area contributed by atoms with Crippen LogP contribution in [-0.2, 0) is 4.74 Å². The lowest BCUT2D eigenvalue weighted by atomic mass is 10.4. The number of hydrogen-bond acceptors (Lipinski definition) is 4. The molecule has 1 rings (SSSR count). The lowest BCUT2D eigenvalue weighted by molar-refractivity contribution is 0.154. The number of aromatic nitrogens is 2. The predicted molar refractivity (Wildman–Crippen MR) is 66.2 cm³/mol. The Morgan fingerprint density at radius 1 is 1.38 bits per heavy atom. The monoisotopic (exact) mass is 243 g/mol. The maximum atomic E-state index is 5.83. The second-order valence-corrected chi connectivity index (χ2v) is 3.75. The van der Waals surface area contributed by atoms with Gasteiger partial charge in [-0.15, -0.1) is 0 Å². The number of aryl methyl sites for hydroxylation is 1. The summed E-state index contributed by atoms with van der Waals surface area (Å²) in [6, 6.07) is 1.93. The van der Waals surface area contributed by atoms with Gasteiger partial charge in [0.25, 0.3) is 0 Å². The van der Waals surface area contributed by atoms with Crippen molar-refractivity contribution in [2.24, 2.45) is 0 Å². The average molecular weight is 244 g/mol. The van der Waals surface area contributed by atoms with Crippen LogP contribution < -0.4 is 4.90 Å². The fourth-order valence-electron chi connectivity index (χ4n) is 1.43. The molecule has 0 aliphatic carbocycles. The Hall–Kier alpha value is -0.870. The normalized spacial score (nSPS) is 10.5. The Bertz CT molecular complexity index is 313. The van der Waals surface area contributed by atoms with Crippen molar-refractivity contribution in [2.75, 3.05) is 31.2 Å². The van der Waals surface area contributed by atoms with Crippen LogP contribution in [0.3, 0.4) is 0 Å². The van der Waals surface area contributed by atoms with Gasteiger partial charge in [0, 0.05) is 31.5 Å². The molecule has 0 fully saturated rings. The van der Waals surface area contributed by atoms with Gasteiger partial charge in [0.2, 0.25) is 5.28 Å². The third kappa shape index (κ3) is 3.94. The molecule has 4 nitrogen and oxygen atoms in total. The van der Waals surface area contributed by atoms with Gasteiger partial charge < -0.3 is 9.64 Å². The minimum Gasteiger partial charge on any atom is -0.380 e. The first-order valence-corrected chi connectivity index (χ1v) is 5.89. The summed E-state index contributed by atoms with van der Waals surface area (Å²) in [5, 5.41) is 0.296. The summed E-state index contributed by atoms with van der Waals surface area (Å²) in [6.45, 7) is 9.11. The van der Waals surface area contributed by atoms with Crippen molar-refractivity contribution < 1.29 is 4.74 Å². The zero-order valence-corrected chi connectivity index (χ0v) is 10.8. The van der Waals surface area contributed by atoms with E-state index in [9.17, 15) is 0 Å². The summed E-state index contributed by atoms with van der Waals surface area (Å²) >= 11 is 5.83. The number of likely N-dealkylation sites (N-methyl/N-ethyl adjacent to an activating group) is 1. The quantitative estimate of drug-likeness (QED) is 0.568. The fraction of sp³-hybridized carbons (Fsp3) is 0.636. The van der Waals surface area contributed by atoms with Crippen LogP contribution in [0.5, 0.6) is 0 Å². The second-order valence-electron chi connectivity index (χ2n) is 3.41. The van der Waals surface area contributed by atoms with E-state index in [1.807, 2.05) is 19.9 Å². The minimum absolute atomic E-state index is 0.296. The van der Waals surface area contributed by atoms with E-state index in [1.54, 1.807) is 0 Å². The first-order valence-electron chi connectivity index (χ1n) is 5.51. The molecule has 5 heteroatoms. The highest BCUT2D eigenvalue weighted by molar-refractivity contribution is 6.28. The van der Waals surface area contributed by atoms with Gasteiger partial charge in [0.15, 0.2) is 0 Å². The van der Waals surface area contributed by atoms with Gasteiger partial charge >= 0.3 is 0 Å². The van der Waals surface area contributed by atoms with Crippen LogP contribution >= 0.6 is 11.6 Å². The van der Waals surface area contributed by atoms with E-state index in [0.29, 0.717) is 11.9 Å². The molecule has 0 aliphatic rings. The number of nitrogens with zero attached hydrogens (tertiary/aromatic N) is 3. The van der Waals surface area contributed by atoms with Crippen LogP contribution in [0.4, 0.5) is 5.82 Å². The van der Waals surface area contributed by atoms with Crippen molar-refractivity contribution in [1.82, 2.24) is 9.97 Å². The van der Waals surface area contributed by atoms with Crippen molar-refractivity contribution >= 4 is 17.4 Å². The number of anilines is 1. The highest BCUT2D eigenvalue weighted by Crippen LogP contribution is 2.14. The van der Waals surface area contributed by atoms with Gasteiger partial charge in [-0.2, -0.15) is 0 Å². The minimum atomic E-state index is 0.296. The molecule has 0 aliphatic heterocycles. The van der Waals surface area contributed by atoms with Gasteiger partial charge in [-0.25, -0.2) is 9.97 Å². The van der Waals surface area contributed by atoms with Crippen LogP contribution in [0, 0.1) is 6.92 Å². The summed E-state index contributed by atoms with van der Waals surface area (Å²) in [5.74, 6) is 0.861. The maximum absolute atomic E-state index is 5.83. The lowest BCUT2D eigenvalue weighted by Crippen LogP contribution is -2.28. The zero-order valence-electron chi connectivity index (χ0n) is 10.0. The number of halogens is 1. The number of rotatable bonds is 6. The van der Waals surface area contributed by atoms with E-state index in [-0.39, 0.29) is 0 Å². The molecule has 0 N–H and O–H groups in total. The average Bonchev–Trinajstić information content (AvgIpc) is 2.23. The number of hydrogen-bond donors (Lipinski definition) is 0. The SMILES string of the molecule is CCOCCN(CC)c1cc(C)nc(Cl)n1. The van der Waals surface area contributed by atoms with Gasteiger partial charge in [-0.1, -0.05) is 0 Å². The maximum Gasteiger partial charge on any atom is 0.224 e. The molecule has 1 aromatic rings. The van der Waals surface area contributed by atoms with Crippen molar-refractivity contribution in [3.63, 3.8) is 0 Å². The standard InChI is InChI=1S/C11H18ClN3O/c1-4-15(6-7-16-5-2)10-8-9(3)13-11(12)14-10/h8H,4-7H2,1-3H3. The van der Waals surface area contributed by atoms with Crippen molar-refractivity contribution in [2.45, 2.75) is 20.8 Å². The molecule has 90 valence electrons. The van der Waals surface area contributed by atoms with Gasteiger partial charge in [-0.05, 0) is 32.4 Å². The van der Waals surface area contributed by atoms with E-state index in [4.69, 9.17) is 16.3 Å². The summed E-state index contributed by atoms with van der Waals surface area (Å²) in [6.07, 6.45) is 0. The summed E-state index contributed by atoms with van der Waals surface area (Å²) in [5.41, 5.74) is 0.879. The number of ether oxygens (including phenoxy) is 1. The topological polar surface area (TPSA) is 38.2 Å². The van der Waals surface area contributed by atoms with Crippen molar-refractivity contribution in [3.8, 4) is 0 Å². The highest BCUT2D eigenvalue weighted by atomic mass is 35.5. The fourth-order valence-corrected chi connectivity index (χ4v) is 1.65. The van der Waals surface area contributed by atoms with Crippen LogP contribution in [0.1, 0.15) is 19.5 Å². The zero-order chi connectivity index (χ0) is 12.0. The molecule has 0 unspecified atom stereocenters.